The molecule has 0 unspecified atom stereocenters. The van der Waals surface area contributed by atoms with Gasteiger partial charge in [-0.15, -0.1) is 0 Å². The van der Waals surface area contributed by atoms with E-state index in [1.165, 1.54) is 16.8 Å². The average Bonchev–Trinajstić information content (AvgIpc) is 3.01. The Morgan fingerprint density at radius 1 is 1.33 bits per heavy atom. The van der Waals surface area contributed by atoms with Crippen LogP contribution in [0.3, 0.4) is 0 Å². The standard InChI is InChI=1S/C17H25N3O/c18-10-12-4-1-6-15(12)17(21)20-11-13-5-2-8-16-14(13)7-3-9-19-16/h2,5,8,12,15,19H,1,3-4,6-7,9-11,18H2,(H,20,21)/t12-,15-/m1/s1. The van der Waals surface area contributed by atoms with Crippen molar-refractivity contribution in [2.45, 2.75) is 38.6 Å². The lowest BCUT2D eigenvalue weighted by atomic mass is 9.94. The fourth-order valence-corrected chi connectivity index (χ4v) is 3.73. The van der Waals surface area contributed by atoms with Crippen molar-refractivity contribution in [3.05, 3.63) is 29.3 Å². The fraction of sp³-hybridized carbons (Fsp3) is 0.588. The van der Waals surface area contributed by atoms with Crippen molar-refractivity contribution in [3.8, 4) is 0 Å². The maximum atomic E-state index is 12.4. The molecule has 1 saturated carbocycles. The van der Waals surface area contributed by atoms with Crippen molar-refractivity contribution in [2.24, 2.45) is 17.6 Å². The van der Waals surface area contributed by atoms with E-state index in [1.54, 1.807) is 0 Å². The zero-order valence-corrected chi connectivity index (χ0v) is 12.5. The summed E-state index contributed by atoms with van der Waals surface area (Å²) in [7, 11) is 0. The van der Waals surface area contributed by atoms with Crippen molar-refractivity contribution < 1.29 is 4.79 Å². The highest BCUT2D eigenvalue weighted by molar-refractivity contribution is 5.79. The number of anilines is 1. The molecule has 0 saturated heterocycles. The van der Waals surface area contributed by atoms with Gasteiger partial charge in [-0.3, -0.25) is 4.79 Å². The van der Waals surface area contributed by atoms with Crippen molar-refractivity contribution in [2.75, 3.05) is 18.4 Å². The molecule has 0 spiro atoms. The lowest BCUT2D eigenvalue weighted by Gasteiger charge is -2.22. The smallest absolute Gasteiger partial charge is 0.223 e. The number of carbonyl (C=O) groups is 1. The van der Waals surface area contributed by atoms with Gasteiger partial charge in [0.05, 0.1) is 0 Å². The minimum absolute atomic E-state index is 0.118. The molecule has 2 aliphatic rings. The Morgan fingerprint density at radius 3 is 3.10 bits per heavy atom. The molecule has 0 aromatic heterocycles. The largest absolute Gasteiger partial charge is 0.385 e. The third kappa shape index (κ3) is 3.05. The van der Waals surface area contributed by atoms with Crippen LogP contribution in [0.25, 0.3) is 0 Å². The van der Waals surface area contributed by atoms with Crippen LogP contribution < -0.4 is 16.4 Å². The van der Waals surface area contributed by atoms with Crippen molar-refractivity contribution >= 4 is 11.6 Å². The molecular weight excluding hydrogens is 262 g/mol. The van der Waals surface area contributed by atoms with Crippen molar-refractivity contribution in [3.63, 3.8) is 0 Å². The summed E-state index contributed by atoms with van der Waals surface area (Å²) in [6, 6.07) is 6.32. The summed E-state index contributed by atoms with van der Waals surface area (Å²) in [5.74, 6) is 0.674. The number of rotatable bonds is 4. The van der Waals surface area contributed by atoms with Gasteiger partial charge < -0.3 is 16.4 Å². The summed E-state index contributed by atoms with van der Waals surface area (Å²) in [6.45, 7) is 2.31. The van der Waals surface area contributed by atoms with E-state index in [9.17, 15) is 4.79 Å². The van der Waals surface area contributed by atoms with Gasteiger partial charge in [-0.05, 0) is 55.3 Å². The molecule has 1 heterocycles. The molecule has 1 aromatic carbocycles. The summed E-state index contributed by atoms with van der Waals surface area (Å²) in [4.78, 5) is 12.4. The van der Waals surface area contributed by atoms with Crippen LogP contribution in [0, 0.1) is 11.8 Å². The van der Waals surface area contributed by atoms with Gasteiger partial charge in [-0.25, -0.2) is 0 Å². The van der Waals surface area contributed by atoms with Crippen LogP contribution in [0.5, 0.6) is 0 Å². The van der Waals surface area contributed by atoms with E-state index in [0.29, 0.717) is 19.0 Å². The third-order valence-electron chi connectivity index (χ3n) is 4.94. The molecular formula is C17H25N3O. The topological polar surface area (TPSA) is 67.2 Å². The molecule has 0 radical (unpaired) electrons. The summed E-state index contributed by atoms with van der Waals surface area (Å²) in [5, 5.41) is 6.57. The first-order chi connectivity index (χ1) is 10.3. The zero-order chi connectivity index (χ0) is 14.7. The molecule has 4 nitrogen and oxygen atoms in total. The summed E-state index contributed by atoms with van der Waals surface area (Å²) >= 11 is 0. The molecule has 4 N–H and O–H groups in total. The van der Waals surface area contributed by atoms with E-state index < -0.39 is 0 Å². The molecule has 2 atom stereocenters. The number of nitrogens with one attached hydrogen (secondary N) is 2. The Hall–Kier alpha value is -1.55. The summed E-state index contributed by atoms with van der Waals surface area (Å²) in [5.41, 5.74) is 9.61. The van der Waals surface area contributed by atoms with Gasteiger partial charge in [-0.1, -0.05) is 18.6 Å². The molecule has 4 heteroatoms. The van der Waals surface area contributed by atoms with E-state index >= 15 is 0 Å². The number of fused-ring (bicyclic) bond motifs is 1. The molecule has 3 rings (SSSR count). The molecule has 1 aliphatic carbocycles. The van der Waals surface area contributed by atoms with E-state index in [0.717, 1.165) is 38.6 Å². The number of nitrogens with two attached hydrogens (primary N) is 1. The Morgan fingerprint density at radius 2 is 2.24 bits per heavy atom. The first-order valence-electron chi connectivity index (χ1n) is 8.12. The van der Waals surface area contributed by atoms with Crippen LogP contribution in [0.4, 0.5) is 5.69 Å². The van der Waals surface area contributed by atoms with Crippen molar-refractivity contribution in [1.82, 2.24) is 5.32 Å². The maximum Gasteiger partial charge on any atom is 0.223 e. The number of amides is 1. The highest BCUT2D eigenvalue weighted by atomic mass is 16.1. The predicted molar refractivity (Wildman–Crippen MR) is 85.0 cm³/mol. The number of hydrogen-bond acceptors (Lipinski definition) is 3. The number of benzene rings is 1. The molecule has 1 fully saturated rings. The van der Waals surface area contributed by atoms with Crippen LogP contribution in [0.1, 0.15) is 36.8 Å². The van der Waals surface area contributed by atoms with E-state index in [-0.39, 0.29) is 11.8 Å². The van der Waals surface area contributed by atoms with Crippen LogP contribution >= 0.6 is 0 Å². The van der Waals surface area contributed by atoms with Gasteiger partial charge in [0.1, 0.15) is 0 Å². The van der Waals surface area contributed by atoms with Gasteiger partial charge in [0.15, 0.2) is 0 Å². The predicted octanol–water partition coefficient (Wildman–Crippen LogP) is 2.04. The van der Waals surface area contributed by atoms with Gasteiger partial charge in [0.2, 0.25) is 5.91 Å². The highest BCUT2D eigenvalue weighted by Gasteiger charge is 2.31. The van der Waals surface area contributed by atoms with Crippen LogP contribution in [0.2, 0.25) is 0 Å². The Labute approximate surface area is 126 Å². The van der Waals surface area contributed by atoms with Gasteiger partial charge in [0, 0.05) is 24.7 Å². The van der Waals surface area contributed by atoms with Crippen molar-refractivity contribution in [1.29, 1.82) is 0 Å². The SMILES string of the molecule is NC[C@H]1CCC[C@H]1C(=O)NCc1cccc2c1CCCN2. The Kier molecular flexibility index (Phi) is 4.44. The van der Waals surface area contributed by atoms with Gasteiger partial charge >= 0.3 is 0 Å². The molecule has 1 amide bonds. The van der Waals surface area contributed by atoms with E-state index in [4.69, 9.17) is 5.73 Å². The third-order valence-corrected chi connectivity index (χ3v) is 4.94. The molecule has 1 aromatic rings. The van der Waals surface area contributed by atoms with E-state index in [1.807, 2.05) is 0 Å². The lowest BCUT2D eigenvalue weighted by molar-refractivity contribution is -0.126. The lowest BCUT2D eigenvalue weighted by Crippen LogP contribution is -2.35. The molecule has 21 heavy (non-hydrogen) atoms. The zero-order valence-electron chi connectivity index (χ0n) is 12.5. The van der Waals surface area contributed by atoms with Gasteiger partial charge in [0.25, 0.3) is 0 Å². The fourth-order valence-electron chi connectivity index (χ4n) is 3.73. The Bertz CT molecular complexity index is 515. The second kappa shape index (κ2) is 6.48. The van der Waals surface area contributed by atoms with Crippen LogP contribution in [0.15, 0.2) is 18.2 Å². The van der Waals surface area contributed by atoms with Gasteiger partial charge in [-0.2, -0.15) is 0 Å². The normalized spacial score (nSPS) is 24.2. The summed E-state index contributed by atoms with van der Waals surface area (Å²) < 4.78 is 0. The average molecular weight is 287 g/mol. The molecule has 114 valence electrons. The molecule has 0 bridgehead atoms. The summed E-state index contributed by atoms with van der Waals surface area (Å²) in [6.07, 6.45) is 5.48. The second-order valence-electron chi connectivity index (χ2n) is 6.22. The maximum absolute atomic E-state index is 12.4. The quantitative estimate of drug-likeness (QED) is 0.794. The first-order valence-corrected chi connectivity index (χ1v) is 8.12. The Balaban J connectivity index is 1.64. The minimum atomic E-state index is 0.118. The highest BCUT2D eigenvalue weighted by Crippen LogP contribution is 2.31. The number of carbonyl (C=O) groups excluding carboxylic acids is 1. The van der Waals surface area contributed by atoms with Crippen LogP contribution in [-0.2, 0) is 17.8 Å². The minimum Gasteiger partial charge on any atom is -0.385 e. The van der Waals surface area contributed by atoms with E-state index in [2.05, 4.69) is 28.8 Å². The number of hydrogen-bond donors (Lipinski definition) is 3. The van der Waals surface area contributed by atoms with Crippen LogP contribution in [-0.4, -0.2) is 19.0 Å². The second-order valence-corrected chi connectivity index (χ2v) is 6.22. The monoisotopic (exact) mass is 287 g/mol. The first kappa shape index (κ1) is 14.4. The molecule has 1 aliphatic heterocycles.